The summed E-state index contributed by atoms with van der Waals surface area (Å²) in [6.45, 7) is 0. The average molecular weight is 888 g/mol. The first-order valence-corrected chi connectivity index (χ1v) is 22.8. The van der Waals surface area contributed by atoms with Crippen LogP contribution in [0.4, 0.5) is 0 Å². The predicted molar refractivity (Wildman–Crippen MR) is 281 cm³/mol. The van der Waals surface area contributed by atoms with E-state index < -0.39 is 18.1 Å². The molecule has 6 nitrogen and oxygen atoms in total. The molecular formula is C63H38N4O2. The normalized spacial score (nSPS) is 12.8. The summed E-state index contributed by atoms with van der Waals surface area (Å²) in [6.07, 6.45) is 0. The number of para-hydroxylation sites is 1. The van der Waals surface area contributed by atoms with Crippen LogP contribution in [0.1, 0.15) is 6.85 Å². The summed E-state index contributed by atoms with van der Waals surface area (Å²) in [5.74, 6) is 1.26. The second-order valence-electron chi connectivity index (χ2n) is 17.2. The molecule has 4 aromatic heterocycles. The van der Waals surface area contributed by atoms with Crippen molar-refractivity contribution in [3.63, 3.8) is 0 Å². The summed E-state index contributed by atoms with van der Waals surface area (Å²) in [7, 11) is 0. The largest absolute Gasteiger partial charge is 0.456 e. The number of benzene rings is 10. The molecule has 0 saturated carbocycles. The fourth-order valence-electron chi connectivity index (χ4n) is 9.98. The molecule has 0 aliphatic rings. The molecule has 0 aliphatic heterocycles. The summed E-state index contributed by atoms with van der Waals surface area (Å²) in [6, 6.07) is 65.5. The lowest BCUT2D eigenvalue weighted by molar-refractivity contribution is 0.669. The Balaban J connectivity index is 1.05. The molecular weight excluding hydrogens is 845 g/mol. The van der Waals surface area contributed by atoms with Gasteiger partial charge in [0.2, 0.25) is 5.95 Å². The number of aromatic nitrogens is 4. The van der Waals surface area contributed by atoms with Gasteiger partial charge in [0.1, 0.15) is 22.3 Å². The van der Waals surface area contributed by atoms with E-state index >= 15 is 0 Å². The summed E-state index contributed by atoms with van der Waals surface area (Å²) < 4.78 is 58.0. The number of rotatable bonds is 7. The summed E-state index contributed by atoms with van der Waals surface area (Å²) in [4.78, 5) is 16.2. The highest BCUT2D eigenvalue weighted by Crippen LogP contribution is 2.43. The topological polar surface area (TPSA) is 69.9 Å². The maximum absolute atomic E-state index is 8.84. The van der Waals surface area contributed by atoms with Crippen LogP contribution in [0.15, 0.2) is 239 Å². The average Bonchev–Trinajstić information content (AvgIpc) is 4.20. The zero-order valence-corrected chi connectivity index (χ0v) is 36.7. The molecule has 14 aromatic rings. The molecule has 0 bridgehead atoms. The first-order chi connectivity index (χ1) is 36.3. The maximum atomic E-state index is 8.84. The molecule has 0 N–H and O–H groups in total. The molecule has 10 aromatic carbocycles. The summed E-state index contributed by atoms with van der Waals surface area (Å²) in [5.41, 5.74) is 12.6. The molecule has 0 aliphatic carbocycles. The molecule has 0 atom stereocenters. The summed E-state index contributed by atoms with van der Waals surface area (Å²) in [5, 5.41) is 5.38. The minimum Gasteiger partial charge on any atom is -0.456 e. The number of furan rings is 2. The minimum atomic E-state index is -0.447. The first-order valence-electron chi connectivity index (χ1n) is 25.3. The van der Waals surface area contributed by atoms with Crippen molar-refractivity contribution in [1.29, 1.82) is 0 Å². The van der Waals surface area contributed by atoms with E-state index in [9.17, 15) is 0 Å². The highest BCUT2D eigenvalue weighted by Gasteiger charge is 2.23. The van der Waals surface area contributed by atoms with Crippen molar-refractivity contribution in [3.8, 4) is 73.2 Å². The van der Waals surface area contributed by atoms with Crippen LogP contribution in [0, 0.1) is 0 Å². The standard InChI is InChI=1S/C63H38N4O2/c1-5-16-39(17-6-1)43-28-30-49-53(37-43)67(52-32-33-56-60(59(49)52)50-24-13-14-26-54(50)68-56)63-65-61(44-29-31-51-57(38-44)69-55-27-15-25-48(58(51)55)42-22-11-4-12-23-42)64-62(66-63)47-35-45(40-18-7-2-8-19-40)34-46(36-47)41-20-9-3-10-21-41/h1-38H/i4D,11D,12D,22D,23D. The number of hydrogen-bond acceptors (Lipinski definition) is 5. The van der Waals surface area contributed by atoms with Crippen LogP contribution in [0.25, 0.3) is 139 Å². The number of fused-ring (bicyclic) bond motifs is 10. The van der Waals surface area contributed by atoms with Crippen molar-refractivity contribution in [1.82, 2.24) is 19.5 Å². The highest BCUT2D eigenvalue weighted by atomic mass is 16.3. The van der Waals surface area contributed by atoms with Gasteiger partial charge in [0.05, 0.1) is 17.9 Å². The fourth-order valence-corrected chi connectivity index (χ4v) is 9.98. The smallest absolute Gasteiger partial charge is 0.238 e. The third-order valence-corrected chi connectivity index (χ3v) is 13.1. The molecule has 0 saturated heterocycles. The number of nitrogens with zero attached hydrogens (tertiary/aromatic N) is 4. The Morgan fingerprint density at radius 2 is 0.913 bits per heavy atom. The SMILES string of the molecule is [2H]c1c([2H])c([2H])c(-c2cccc3oc4cc(-c5nc(-c6cc(-c7ccccc7)cc(-c7ccccc7)c6)nc(-n6c7cc(-c8ccccc8)ccc7c7c8c(ccc76)oc6ccccc68)n5)ccc4c23)c([2H])c1[2H]. The van der Waals surface area contributed by atoms with Gasteiger partial charge >= 0.3 is 0 Å². The van der Waals surface area contributed by atoms with Gasteiger partial charge in [-0.2, -0.15) is 9.97 Å². The van der Waals surface area contributed by atoms with Crippen molar-refractivity contribution in [2.75, 3.05) is 0 Å². The molecule has 0 spiro atoms. The van der Waals surface area contributed by atoms with Gasteiger partial charge in [0.25, 0.3) is 0 Å². The van der Waals surface area contributed by atoms with E-state index in [0.29, 0.717) is 50.7 Å². The third kappa shape index (κ3) is 6.45. The Labute approximate surface area is 403 Å². The minimum absolute atomic E-state index is 0.107. The zero-order valence-electron chi connectivity index (χ0n) is 41.7. The number of hydrogen-bond donors (Lipinski definition) is 0. The second kappa shape index (κ2) is 15.6. The van der Waals surface area contributed by atoms with Gasteiger partial charge in [0.15, 0.2) is 11.6 Å². The second-order valence-corrected chi connectivity index (χ2v) is 17.2. The Morgan fingerprint density at radius 1 is 0.333 bits per heavy atom. The van der Waals surface area contributed by atoms with Gasteiger partial charge in [-0.25, -0.2) is 4.98 Å². The molecule has 69 heavy (non-hydrogen) atoms. The van der Waals surface area contributed by atoms with Crippen LogP contribution in [0.5, 0.6) is 0 Å². The Kier molecular flexibility index (Phi) is 7.69. The van der Waals surface area contributed by atoms with E-state index in [0.717, 1.165) is 82.7 Å². The van der Waals surface area contributed by atoms with Crippen molar-refractivity contribution < 1.29 is 15.7 Å². The van der Waals surface area contributed by atoms with Gasteiger partial charge in [0, 0.05) is 43.4 Å². The lowest BCUT2D eigenvalue weighted by Gasteiger charge is -2.14. The zero-order chi connectivity index (χ0) is 49.8. The van der Waals surface area contributed by atoms with Gasteiger partial charge < -0.3 is 8.83 Å². The van der Waals surface area contributed by atoms with E-state index in [-0.39, 0.29) is 17.6 Å². The van der Waals surface area contributed by atoms with Crippen molar-refractivity contribution in [2.45, 2.75) is 0 Å². The monoisotopic (exact) mass is 887 g/mol. The van der Waals surface area contributed by atoms with Gasteiger partial charge in [-0.1, -0.05) is 170 Å². The first kappa shape index (κ1) is 34.0. The molecule has 0 radical (unpaired) electrons. The lowest BCUT2D eigenvalue weighted by atomic mass is 9.96. The van der Waals surface area contributed by atoms with Crippen LogP contribution in [0.3, 0.4) is 0 Å². The van der Waals surface area contributed by atoms with Crippen molar-refractivity contribution in [3.05, 3.63) is 230 Å². The Morgan fingerprint density at radius 3 is 1.65 bits per heavy atom. The van der Waals surface area contributed by atoms with E-state index in [1.807, 2.05) is 103 Å². The van der Waals surface area contributed by atoms with Crippen LogP contribution in [-0.4, -0.2) is 19.5 Å². The molecule has 322 valence electrons. The lowest BCUT2D eigenvalue weighted by Crippen LogP contribution is -2.06. The summed E-state index contributed by atoms with van der Waals surface area (Å²) >= 11 is 0. The van der Waals surface area contributed by atoms with E-state index in [2.05, 4.69) is 89.5 Å². The highest BCUT2D eigenvalue weighted by molar-refractivity contribution is 6.27. The van der Waals surface area contributed by atoms with Crippen LogP contribution in [0.2, 0.25) is 0 Å². The molecule has 14 rings (SSSR count). The van der Waals surface area contributed by atoms with Crippen molar-refractivity contribution >= 4 is 65.7 Å². The van der Waals surface area contributed by atoms with Crippen LogP contribution in [-0.2, 0) is 0 Å². The third-order valence-electron chi connectivity index (χ3n) is 13.1. The van der Waals surface area contributed by atoms with Crippen LogP contribution >= 0.6 is 0 Å². The molecule has 0 amide bonds. The molecule has 0 fully saturated rings. The quantitative estimate of drug-likeness (QED) is 0.159. The fraction of sp³-hybridized carbons (Fsp3) is 0. The molecule has 6 heteroatoms. The van der Waals surface area contributed by atoms with E-state index in [4.69, 9.17) is 30.6 Å². The van der Waals surface area contributed by atoms with Gasteiger partial charge in [-0.15, -0.1) is 0 Å². The van der Waals surface area contributed by atoms with Gasteiger partial charge in [-0.05, 0) is 105 Å². The van der Waals surface area contributed by atoms with Gasteiger partial charge in [-0.3, -0.25) is 4.57 Å². The van der Waals surface area contributed by atoms with E-state index in [1.54, 1.807) is 12.1 Å². The van der Waals surface area contributed by atoms with Crippen molar-refractivity contribution in [2.24, 2.45) is 0 Å². The Bertz CT molecular complexity index is 4520. The Hall–Kier alpha value is -9.39. The molecule has 4 heterocycles. The molecule has 0 unspecified atom stereocenters. The van der Waals surface area contributed by atoms with E-state index in [1.165, 1.54) is 0 Å². The predicted octanol–water partition coefficient (Wildman–Crippen LogP) is 16.8. The maximum Gasteiger partial charge on any atom is 0.238 e. The van der Waals surface area contributed by atoms with Crippen LogP contribution < -0.4 is 0 Å².